The van der Waals surface area contributed by atoms with E-state index in [4.69, 9.17) is 0 Å². The third-order valence-corrected chi connectivity index (χ3v) is 3.56. The van der Waals surface area contributed by atoms with Gasteiger partial charge < -0.3 is 10.2 Å². The Kier molecular flexibility index (Phi) is 4.01. The Labute approximate surface area is 108 Å². The smallest absolute Gasteiger partial charge is 0.227 e. The van der Waals surface area contributed by atoms with Gasteiger partial charge in [0, 0.05) is 45.0 Å². The van der Waals surface area contributed by atoms with Gasteiger partial charge >= 0.3 is 0 Å². The number of aromatic nitrogens is 2. The monoisotopic (exact) mass is 250 g/mol. The van der Waals surface area contributed by atoms with E-state index < -0.39 is 0 Å². The molecular formula is C13H22N4O. The van der Waals surface area contributed by atoms with Gasteiger partial charge in [-0.15, -0.1) is 0 Å². The maximum Gasteiger partial charge on any atom is 0.227 e. The van der Waals surface area contributed by atoms with Crippen molar-refractivity contribution in [2.24, 2.45) is 13.0 Å². The van der Waals surface area contributed by atoms with Crippen molar-refractivity contribution in [2.45, 2.75) is 32.4 Å². The summed E-state index contributed by atoms with van der Waals surface area (Å²) in [5.41, 5.74) is 1.07. The van der Waals surface area contributed by atoms with Gasteiger partial charge in [0.2, 0.25) is 5.91 Å². The summed E-state index contributed by atoms with van der Waals surface area (Å²) >= 11 is 0. The van der Waals surface area contributed by atoms with Crippen molar-refractivity contribution in [1.82, 2.24) is 20.0 Å². The van der Waals surface area contributed by atoms with E-state index in [1.54, 1.807) is 9.58 Å². The van der Waals surface area contributed by atoms with Crippen LogP contribution < -0.4 is 5.32 Å². The molecule has 1 N–H and O–H groups in total. The van der Waals surface area contributed by atoms with Crippen LogP contribution in [0.1, 0.15) is 25.3 Å². The van der Waals surface area contributed by atoms with E-state index in [0.717, 1.165) is 24.9 Å². The first-order valence-electron chi connectivity index (χ1n) is 6.52. The van der Waals surface area contributed by atoms with Crippen LogP contribution in [0.5, 0.6) is 0 Å². The summed E-state index contributed by atoms with van der Waals surface area (Å²) in [5, 5.41) is 7.49. The number of carbonyl (C=O) groups excluding carboxylic acids is 1. The van der Waals surface area contributed by atoms with Crippen molar-refractivity contribution in [1.29, 1.82) is 0 Å². The van der Waals surface area contributed by atoms with Gasteiger partial charge in [-0.2, -0.15) is 5.10 Å². The molecule has 1 saturated heterocycles. The highest BCUT2D eigenvalue weighted by Gasteiger charge is 2.26. The van der Waals surface area contributed by atoms with Crippen LogP contribution >= 0.6 is 0 Å². The molecule has 2 heterocycles. The second kappa shape index (κ2) is 5.52. The summed E-state index contributed by atoms with van der Waals surface area (Å²) < 4.78 is 1.76. The fourth-order valence-corrected chi connectivity index (χ4v) is 2.43. The number of amides is 1. The number of hydrogen-bond donors (Lipinski definition) is 1. The Morgan fingerprint density at radius 3 is 2.94 bits per heavy atom. The molecule has 1 fully saturated rings. The minimum absolute atomic E-state index is 0.128. The second-order valence-corrected chi connectivity index (χ2v) is 5.30. The lowest BCUT2D eigenvalue weighted by Crippen LogP contribution is -2.44. The molecule has 1 aliphatic rings. The topological polar surface area (TPSA) is 50.2 Å². The summed E-state index contributed by atoms with van der Waals surface area (Å²) in [4.78, 5) is 14.1. The predicted octanol–water partition coefficient (Wildman–Crippen LogP) is 0.767. The van der Waals surface area contributed by atoms with Gasteiger partial charge in [0.1, 0.15) is 0 Å². The Morgan fingerprint density at radius 1 is 1.61 bits per heavy atom. The van der Waals surface area contributed by atoms with Crippen molar-refractivity contribution in [3.8, 4) is 0 Å². The molecule has 1 aliphatic heterocycles. The molecule has 100 valence electrons. The number of rotatable bonds is 3. The Balaban J connectivity index is 1.88. The van der Waals surface area contributed by atoms with E-state index in [1.807, 2.05) is 26.5 Å². The van der Waals surface area contributed by atoms with E-state index in [-0.39, 0.29) is 11.8 Å². The van der Waals surface area contributed by atoms with Gasteiger partial charge in [-0.25, -0.2) is 0 Å². The summed E-state index contributed by atoms with van der Waals surface area (Å²) in [5.74, 6) is 0.362. The van der Waals surface area contributed by atoms with Crippen molar-refractivity contribution < 1.29 is 4.79 Å². The molecule has 2 unspecified atom stereocenters. The van der Waals surface area contributed by atoms with Crippen LogP contribution in [0.4, 0.5) is 0 Å². The summed E-state index contributed by atoms with van der Waals surface area (Å²) in [7, 11) is 3.76. The van der Waals surface area contributed by atoms with Crippen LogP contribution in [-0.4, -0.2) is 40.2 Å². The molecule has 5 heteroatoms. The van der Waals surface area contributed by atoms with Crippen LogP contribution in [0, 0.1) is 5.92 Å². The fraction of sp³-hybridized carbons (Fsp3) is 0.692. The highest BCUT2D eigenvalue weighted by molar-refractivity contribution is 5.78. The lowest BCUT2D eigenvalue weighted by atomic mass is 9.94. The maximum absolute atomic E-state index is 12.3. The predicted molar refractivity (Wildman–Crippen MR) is 69.9 cm³/mol. The van der Waals surface area contributed by atoms with Crippen molar-refractivity contribution in [3.63, 3.8) is 0 Å². The van der Waals surface area contributed by atoms with Gasteiger partial charge in [0.15, 0.2) is 0 Å². The average Bonchev–Trinajstić information content (AvgIpc) is 2.75. The third kappa shape index (κ3) is 3.10. The molecule has 2 atom stereocenters. The number of aryl methyl sites for hydroxylation is 1. The largest absolute Gasteiger partial charge is 0.341 e. The minimum atomic E-state index is 0.128. The van der Waals surface area contributed by atoms with Crippen LogP contribution in [-0.2, 0) is 18.4 Å². The lowest BCUT2D eigenvalue weighted by Gasteiger charge is -2.29. The number of nitrogens with one attached hydrogen (secondary N) is 1. The van der Waals surface area contributed by atoms with Crippen molar-refractivity contribution in [3.05, 3.63) is 18.0 Å². The molecule has 1 aromatic rings. The van der Waals surface area contributed by atoms with E-state index in [2.05, 4.69) is 17.3 Å². The zero-order valence-electron chi connectivity index (χ0n) is 11.4. The van der Waals surface area contributed by atoms with Gasteiger partial charge in [-0.1, -0.05) is 0 Å². The number of nitrogens with zero attached hydrogens (tertiary/aromatic N) is 3. The molecular weight excluding hydrogens is 228 g/mol. The van der Waals surface area contributed by atoms with Crippen LogP contribution in [0.25, 0.3) is 0 Å². The van der Waals surface area contributed by atoms with E-state index in [9.17, 15) is 4.79 Å². The lowest BCUT2D eigenvalue weighted by molar-refractivity contribution is -0.135. The van der Waals surface area contributed by atoms with Crippen LogP contribution in [0.2, 0.25) is 0 Å². The molecule has 0 bridgehead atoms. The summed E-state index contributed by atoms with van der Waals surface area (Å²) in [6.07, 6.45) is 5.83. The highest BCUT2D eigenvalue weighted by Crippen LogP contribution is 2.17. The molecule has 18 heavy (non-hydrogen) atoms. The molecule has 0 spiro atoms. The van der Waals surface area contributed by atoms with Gasteiger partial charge in [0.25, 0.3) is 0 Å². The average molecular weight is 250 g/mol. The zero-order chi connectivity index (χ0) is 13.1. The number of carbonyl (C=O) groups is 1. The molecule has 0 aromatic carbocycles. The minimum Gasteiger partial charge on any atom is -0.341 e. The third-order valence-electron chi connectivity index (χ3n) is 3.56. The first-order chi connectivity index (χ1) is 8.56. The normalized spacial score (nSPS) is 23.9. The van der Waals surface area contributed by atoms with E-state index in [0.29, 0.717) is 12.6 Å². The SMILES string of the molecule is CC1CCC(C(=O)N(C)Cc2cnn(C)c2)CN1. The van der Waals surface area contributed by atoms with Crippen molar-refractivity contribution >= 4 is 5.91 Å². The maximum atomic E-state index is 12.3. The fourth-order valence-electron chi connectivity index (χ4n) is 2.43. The van der Waals surface area contributed by atoms with Crippen LogP contribution in [0.15, 0.2) is 12.4 Å². The van der Waals surface area contributed by atoms with Gasteiger partial charge in [-0.05, 0) is 19.8 Å². The van der Waals surface area contributed by atoms with Crippen molar-refractivity contribution in [2.75, 3.05) is 13.6 Å². The second-order valence-electron chi connectivity index (χ2n) is 5.30. The summed E-state index contributed by atoms with van der Waals surface area (Å²) in [6, 6.07) is 0.540. The van der Waals surface area contributed by atoms with Gasteiger partial charge in [-0.3, -0.25) is 9.48 Å². The van der Waals surface area contributed by atoms with E-state index in [1.165, 1.54) is 0 Å². The van der Waals surface area contributed by atoms with Crippen LogP contribution in [0.3, 0.4) is 0 Å². The Morgan fingerprint density at radius 2 is 2.39 bits per heavy atom. The quantitative estimate of drug-likeness (QED) is 0.862. The molecule has 0 radical (unpaired) electrons. The Bertz CT molecular complexity index is 407. The summed E-state index contributed by atoms with van der Waals surface area (Å²) in [6.45, 7) is 3.61. The molecule has 1 amide bonds. The standard InChI is InChI=1S/C13H22N4O/c1-10-4-5-12(7-14-10)13(18)16(2)8-11-6-15-17(3)9-11/h6,9-10,12,14H,4-5,7-8H2,1-3H3. The molecule has 1 aromatic heterocycles. The Hall–Kier alpha value is -1.36. The number of piperidine rings is 1. The molecule has 5 nitrogen and oxygen atoms in total. The molecule has 0 saturated carbocycles. The van der Waals surface area contributed by atoms with Gasteiger partial charge in [0.05, 0.1) is 12.1 Å². The first-order valence-corrected chi connectivity index (χ1v) is 6.52. The highest BCUT2D eigenvalue weighted by atomic mass is 16.2. The zero-order valence-corrected chi connectivity index (χ0v) is 11.4. The number of hydrogen-bond acceptors (Lipinski definition) is 3. The first kappa shape index (κ1) is 13.1. The van der Waals surface area contributed by atoms with E-state index >= 15 is 0 Å². The molecule has 0 aliphatic carbocycles. The molecule has 2 rings (SSSR count).